The fourth-order valence-corrected chi connectivity index (χ4v) is 2.35. The molecule has 0 saturated heterocycles. The van der Waals surface area contributed by atoms with Crippen LogP contribution >= 0.6 is 11.6 Å². The molecule has 1 saturated carbocycles. The molecule has 0 spiro atoms. The molecular weight excluding hydrogens is 222 g/mol. The van der Waals surface area contributed by atoms with E-state index in [1.165, 1.54) is 24.8 Å². The van der Waals surface area contributed by atoms with Gasteiger partial charge >= 0.3 is 0 Å². The summed E-state index contributed by atoms with van der Waals surface area (Å²) in [6.07, 6.45) is 3.90. The average Bonchev–Trinajstić information content (AvgIpc) is 2.23. The third kappa shape index (κ3) is 2.76. The van der Waals surface area contributed by atoms with Crippen LogP contribution in [0.4, 0.5) is 0 Å². The van der Waals surface area contributed by atoms with Crippen molar-refractivity contribution in [3.63, 3.8) is 0 Å². The Labute approximate surface area is 102 Å². The Kier molecular flexibility index (Phi) is 4.22. The van der Waals surface area contributed by atoms with Crippen LogP contribution < -0.4 is 5.32 Å². The van der Waals surface area contributed by atoms with E-state index in [4.69, 9.17) is 16.7 Å². The molecule has 2 rings (SSSR count). The lowest BCUT2D eigenvalue weighted by Gasteiger charge is -2.34. The fraction of sp³-hybridized carbons (Fsp3) is 0.538. The monoisotopic (exact) mass is 239 g/mol. The lowest BCUT2D eigenvalue weighted by Crippen LogP contribution is -2.33. The number of hydrogen-bond acceptors (Lipinski definition) is 2. The zero-order valence-corrected chi connectivity index (χ0v) is 10.1. The Morgan fingerprint density at radius 2 is 2.00 bits per heavy atom. The van der Waals surface area contributed by atoms with E-state index in [0.717, 1.165) is 5.02 Å². The number of aliphatic hydroxyl groups is 1. The largest absolute Gasteiger partial charge is 0.395 e. The Balaban J connectivity index is 2.07. The van der Waals surface area contributed by atoms with Crippen molar-refractivity contribution in [1.29, 1.82) is 0 Å². The van der Waals surface area contributed by atoms with Crippen LogP contribution in [-0.2, 0) is 0 Å². The van der Waals surface area contributed by atoms with Crippen LogP contribution in [0.25, 0.3) is 0 Å². The molecule has 0 radical (unpaired) electrons. The molecule has 0 amide bonds. The first-order chi connectivity index (χ1) is 7.81. The van der Waals surface area contributed by atoms with Gasteiger partial charge in [-0.1, -0.05) is 30.2 Å². The van der Waals surface area contributed by atoms with Crippen LogP contribution in [-0.4, -0.2) is 18.3 Å². The van der Waals surface area contributed by atoms with E-state index in [2.05, 4.69) is 17.4 Å². The van der Waals surface area contributed by atoms with Crippen molar-refractivity contribution in [1.82, 2.24) is 5.32 Å². The molecule has 1 fully saturated rings. The summed E-state index contributed by atoms with van der Waals surface area (Å²) >= 11 is 5.89. The van der Waals surface area contributed by atoms with Gasteiger partial charge in [-0.25, -0.2) is 0 Å². The normalized spacial score (nSPS) is 18.1. The summed E-state index contributed by atoms with van der Waals surface area (Å²) in [4.78, 5) is 0. The van der Waals surface area contributed by atoms with Gasteiger partial charge in [-0.2, -0.15) is 0 Å². The van der Waals surface area contributed by atoms with E-state index in [1.807, 2.05) is 12.1 Å². The Bertz CT molecular complexity index is 321. The molecule has 1 aliphatic rings. The highest BCUT2D eigenvalue weighted by molar-refractivity contribution is 6.30. The van der Waals surface area contributed by atoms with Crippen molar-refractivity contribution in [2.45, 2.75) is 25.3 Å². The minimum Gasteiger partial charge on any atom is -0.395 e. The molecule has 2 nitrogen and oxygen atoms in total. The van der Waals surface area contributed by atoms with Gasteiger partial charge in [0.15, 0.2) is 0 Å². The van der Waals surface area contributed by atoms with Gasteiger partial charge in [0.25, 0.3) is 0 Å². The summed E-state index contributed by atoms with van der Waals surface area (Å²) in [6.45, 7) is 0.848. The van der Waals surface area contributed by atoms with E-state index in [1.54, 1.807) is 0 Å². The van der Waals surface area contributed by atoms with E-state index in [-0.39, 0.29) is 6.61 Å². The van der Waals surface area contributed by atoms with Gasteiger partial charge in [-0.15, -0.1) is 0 Å². The van der Waals surface area contributed by atoms with Gasteiger partial charge in [0.1, 0.15) is 0 Å². The highest BCUT2D eigenvalue weighted by Crippen LogP contribution is 2.37. The topological polar surface area (TPSA) is 32.3 Å². The maximum absolute atomic E-state index is 8.90. The van der Waals surface area contributed by atoms with Gasteiger partial charge in [0.05, 0.1) is 6.61 Å². The smallest absolute Gasteiger partial charge is 0.0556 e. The van der Waals surface area contributed by atoms with Crippen molar-refractivity contribution < 1.29 is 5.11 Å². The molecule has 0 heterocycles. The first kappa shape index (κ1) is 11.9. The second-order valence-electron chi connectivity index (χ2n) is 4.40. The molecule has 0 unspecified atom stereocenters. The highest BCUT2D eigenvalue weighted by atomic mass is 35.5. The van der Waals surface area contributed by atoms with Crippen molar-refractivity contribution in [2.75, 3.05) is 13.2 Å². The quantitative estimate of drug-likeness (QED) is 0.828. The summed E-state index contributed by atoms with van der Waals surface area (Å²) in [6, 6.07) is 8.40. The summed E-state index contributed by atoms with van der Waals surface area (Å²) in [5.41, 5.74) is 1.28. The Morgan fingerprint density at radius 1 is 1.31 bits per heavy atom. The predicted octanol–water partition coefficient (Wildman–Crippen LogP) is 2.76. The van der Waals surface area contributed by atoms with Crippen molar-refractivity contribution >= 4 is 11.6 Å². The summed E-state index contributed by atoms with van der Waals surface area (Å²) in [5.74, 6) is 0.715. The second-order valence-corrected chi connectivity index (χ2v) is 4.83. The zero-order chi connectivity index (χ0) is 11.4. The van der Waals surface area contributed by atoms with Crippen LogP contribution in [0.2, 0.25) is 5.02 Å². The number of benzene rings is 1. The molecule has 1 aromatic carbocycles. The SMILES string of the molecule is OCCN[C@@H](c1ccc(Cl)cc1)C1CCC1. The van der Waals surface area contributed by atoms with Gasteiger partial charge in [0, 0.05) is 17.6 Å². The number of hydrogen-bond donors (Lipinski definition) is 2. The predicted molar refractivity (Wildman–Crippen MR) is 66.6 cm³/mol. The molecule has 0 bridgehead atoms. The van der Waals surface area contributed by atoms with Gasteiger partial charge in [-0.3, -0.25) is 0 Å². The first-order valence-electron chi connectivity index (χ1n) is 5.91. The number of aliphatic hydroxyl groups excluding tert-OH is 1. The summed E-state index contributed by atoms with van der Waals surface area (Å²) in [5, 5.41) is 13.1. The maximum atomic E-state index is 8.90. The third-order valence-corrected chi connectivity index (χ3v) is 3.58. The van der Waals surface area contributed by atoms with E-state index in [9.17, 15) is 0 Å². The number of halogens is 1. The number of rotatable bonds is 5. The Hall–Kier alpha value is -0.570. The van der Waals surface area contributed by atoms with Gasteiger partial charge in [0.2, 0.25) is 0 Å². The van der Waals surface area contributed by atoms with Crippen LogP contribution in [0.1, 0.15) is 30.9 Å². The molecule has 0 aliphatic heterocycles. The summed E-state index contributed by atoms with van der Waals surface area (Å²) in [7, 11) is 0. The maximum Gasteiger partial charge on any atom is 0.0556 e. The second kappa shape index (κ2) is 5.67. The molecular formula is C13H18ClNO. The van der Waals surface area contributed by atoms with E-state index < -0.39 is 0 Å². The molecule has 88 valence electrons. The molecule has 1 aliphatic carbocycles. The van der Waals surface area contributed by atoms with Crippen LogP contribution in [0.5, 0.6) is 0 Å². The molecule has 2 N–H and O–H groups in total. The van der Waals surface area contributed by atoms with E-state index >= 15 is 0 Å². The minimum absolute atomic E-state index is 0.191. The zero-order valence-electron chi connectivity index (χ0n) is 9.32. The third-order valence-electron chi connectivity index (χ3n) is 3.33. The molecule has 0 aromatic heterocycles. The molecule has 3 heteroatoms. The standard InChI is InChI=1S/C13H18ClNO/c14-12-6-4-11(5-7-12)13(15-8-9-16)10-2-1-3-10/h4-7,10,13,15-16H,1-3,8-9H2/t13-/m1/s1. The lowest BCUT2D eigenvalue weighted by atomic mass is 9.77. The highest BCUT2D eigenvalue weighted by Gasteiger charge is 2.27. The molecule has 1 aromatic rings. The van der Waals surface area contributed by atoms with Crippen molar-refractivity contribution in [2.24, 2.45) is 5.92 Å². The summed E-state index contributed by atoms with van der Waals surface area (Å²) < 4.78 is 0. The van der Waals surface area contributed by atoms with Crippen molar-refractivity contribution in [3.05, 3.63) is 34.9 Å². The molecule has 16 heavy (non-hydrogen) atoms. The van der Waals surface area contributed by atoms with Crippen LogP contribution in [0, 0.1) is 5.92 Å². The van der Waals surface area contributed by atoms with E-state index in [0.29, 0.717) is 18.5 Å². The minimum atomic E-state index is 0.191. The number of nitrogens with one attached hydrogen (secondary N) is 1. The Morgan fingerprint density at radius 3 is 2.50 bits per heavy atom. The molecule has 1 atom stereocenters. The van der Waals surface area contributed by atoms with Gasteiger partial charge in [-0.05, 0) is 36.5 Å². The van der Waals surface area contributed by atoms with Crippen molar-refractivity contribution in [3.8, 4) is 0 Å². The average molecular weight is 240 g/mol. The van der Waals surface area contributed by atoms with Gasteiger partial charge < -0.3 is 10.4 Å². The van der Waals surface area contributed by atoms with Crippen LogP contribution in [0.3, 0.4) is 0 Å². The fourth-order valence-electron chi connectivity index (χ4n) is 2.22. The lowest BCUT2D eigenvalue weighted by molar-refractivity contribution is 0.212. The van der Waals surface area contributed by atoms with Crippen LogP contribution in [0.15, 0.2) is 24.3 Å². The first-order valence-corrected chi connectivity index (χ1v) is 6.29.